The molecule has 0 aliphatic heterocycles. The van der Waals surface area contributed by atoms with Gasteiger partial charge in [0.15, 0.2) is 5.16 Å². The third kappa shape index (κ3) is 3.38. The fraction of sp³-hybridized carbons (Fsp3) is 0.625. The van der Waals surface area contributed by atoms with Crippen molar-refractivity contribution in [3.8, 4) is 0 Å². The van der Waals surface area contributed by atoms with Gasteiger partial charge in [-0.15, -0.1) is 0 Å². The summed E-state index contributed by atoms with van der Waals surface area (Å²) in [4.78, 5) is 4.22. The molecule has 0 aromatic carbocycles. The van der Waals surface area contributed by atoms with Crippen LogP contribution in [0, 0.1) is 0 Å². The molecule has 4 nitrogen and oxygen atoms in total. The number of ether oxygens (including phenoxy) is 1. The maximum atomic E-state index is 5.41. The second kappa shape index (κ2) is 6.01. The normalized spacial score (nSPS) is 10.6. The predicted molar refractivity (Wildman–Crippen MR) is 53.9 cm³/mol. The Morgan fingerprint density at radius 1 is 1.69 bits per heavy atom. The summed E-state index contributed by atoms with van der Waals surface area (Å²) in [6.45, 7) is 2.25. The molecule has 0 amide bonds. The van der Waals surface area contributed by atoms with Crippen LogP contribution < -0.4 is 5.73 Å². The Bertz CT molecular complexity index is 217. The molecule has 0 aliphatic carbocycles. The average molecular weight is 201 g/mol. The summed E-state index contributed by atoms with van der Waals surface area (Å²) in [7, 11) is 1.70. The quantitative estimate of drug-likeness (QED) is 0.684. The maximum Gasteiger partial charge on any atom is 0.168 e. The van der Waals surface area contributed by atoms with Crippen molar-refractivity contribution in [3.63, 3.8) is 0 Å². The van der Waals surface area contributed by atoms with E-state index in [0.29, 0.717) is 13.2 Å². The molecule has 74 valence electrons. The molecule has 1 heterocycles. The molecule has 1 aromatic heterocycles. The predicted octanol–water partition coefficient (Wildman–Crippen LogP) is 0.580. The minimum absolute atomic E-state index is 0.682. The lowest BCUT2D eigenvalue weighted by Crippen LogP contribution is -2.06. The van der Waals surface area contributed by atoms with Crippen molar-refractivity contribution in [1.82, 2.24) is 9.55 Å². The van der Waals surface area contributed by atoms with Gasteiger partial charge in [-0.05, 0) is 0 Å². The van der Waals surface area contributed by atoms with Gasteiger partial charge < -0.3 is 15.0 Å². The van der Waals surface area contributed by atoms with Crippen molar-refractivity contribution in [1.29, 1.82) is 0 Å². The Morgan fingerprint density at radius 2 is 2.54 bits per heavy atom. The molecule has 0 fully saturated rings. The second-order valence-electron chi connectivity index (χ2n) is 2.53. The van der Waals surface area contributed by atoms with E-state index in [-0.39, 0.29) is 0 Å². The molecule has 0 spiro atoms. The van der Waals surface area contributed by atoms with Gasteiger partial charge in [-0.3, -0.25) is 0 Å². The third-order valence-corrected chi connectivity index (χ3v) is 2.60. The molecular formula is C8H15N3OS. The fourth-order valence-corrected chi connectivity index (χ4v) is 1.70. The highest BCUT2D eigenvalue weighted by atomic mass is 32.2. The SMILES string of the molecule is COCCn1ccnc1SCCN. The highest BCUT2D eigenvalue weighted by Gasteiger charge is 2.01. The number of hydrogen-bond donors (Lipinski definition) is 1. The summed E-state index contributed by atoms with van der Waals surface area (Å²) in [5, 5.41) is 1.02. The van der Waals surface area contributed by atoms with Crippen LogP contribution >= 0.6 is 11.8 Å². The van der Waals surface area contributed by atoms with E-state index in [4.69, 9.17) is 10.5 Å². The number of methoxy groups -OCH3 is 1. The van der Waals surface area contributed by atoms with E-state index < -0.39 is 0 Å². The standard InChI is InChI=1S/C8H15N3OS/c1-12-6-5-11-4-3-10-8(11)13-7-2-9/h3-4H,2,5-7,9H2,1H3. The van der Waals surface area contributed by atoms with Crippen molar-refractivity contribution < 1.29 is 4.74 Å². The molecule has 5 heteroatoms. The molecule has 13 heavy (non-hydrogen) atoms. The van der Waals surface area contributed by atoms with Crippen molar-refractivity contribution in [2.24, 2.45) is 5.73 Å². The Balaban J connectivity index is 2.45. The fourth-order valence-electron chi connectivity index (χ4n) is 0.946. The molecule has 0 aliphatic rings. The van der Waals surface area contributed by atoms with Crippen LogP contribution in [-0.4, -0.2) is 35.6 Å². The molecule has 1 aromatic rings. The number of nitrogens with two attached hydrogens (primary N) is 1. The molecule has 0 bridgehead atoms. The Hall–Kier alpha value is -0.520. The summed E-state index contributed by atoms with van der Waals surface area (Å²) in [6, 6.07) is 0. The van der Waals surface area contributed by atoms with Crippen LogP contribution in [0.25, 0.3) is 0 Å². The van der Waals surface area contributed by atoms with Crippen molar-refractivity contribution in [2.45, 2.75) is 11.7 Å². The minimum atomic E-state index is 0.682. The van der Waals surface area contributed by atoms with Gasteiger partial charge in [-0.1, -0.05) is 11.8 Å². The molecule has 0 saturated carbocycles. The van der Waals surface area contributed by atoms with Crippen LogP contribution in [0.4, 0.5) is 0 Å². The largest absolute Gasteiger partial charge is 0.383 e. The minimum Gasteiger partial charge on any atom is -0.383 e. The molecule has 0 radical (unpaired) electrons. The van der Waals surface area contributed by atoms with Crippen LogP contribution in [0.2, 0.25) is 0 Å². The third-order valence-electron chi connectivity index (χ3n) is 1.56. The molecular weight excluding hydrogens is 186 g/mol. The summed E-state index contributed by atoms with van der Waals surface area (Å²) in [5.41, 5.74) is 5.41. The molecule has 0 atom stereocenters. The van der Waals surface area contributed by atoms with Crippen LogP contribution in [0.15, 0.2) is 17.6 Å². The lowest BCUT2D eigenvalue weighted by atomic mass is 10.7. The van der Waals surface area contributed by atoms with Gasteiger partial charge in [0.25, 0.3) is 0 Å². The molecule has 2 N–H and O–H groups in total. The monoisotopic (exact) mass is 201 g/mol. The number of aromatic nitrogens is 2. The van der Waals surface area contributed by atoms with E-state index in [1.54, 1.807) is 25.1 Å². The van der Waals surface area contributed by atoms with E-state index >= 15 is 0 Å². The Kier molecular flexibility index (Phi) is 4.88. The Labute approximate surface area is 82.5 Å². The van der Waals surface area contributed by atoms with Crippen LogP contribution in [0.1, 0.15) is 0 Å². The van der Waals surface area contributed by atoms with Crippen LogP contribution in [0.3, 0.4) is 0 Å². The first-order valence-corrected chi connectivity index (χ1v) is 5.20. The van der Waals surface area contributed by atoms with E-state index in [2.05, 4.69) is 9.55 Å². The summed E-state index contributed by atoms with van der Waals surface area (Å²) >= 11 is 1.68. The number of rotatable bonds is 6. The van der Waals surface area contributed by atoms with Crippen LogP contribution in [-0.2, 0) is 11.3 Å². The summed E-state index contributed by atoms with van der Waals surface area (Å²) in [5.74, 6) is 0.907. The van der Waals surface area contributed by atoms with Gasteiger partial charge in [-0.2, -0.15) is 0 Å². The van der Waals surface area contributed by atoms with Crippen molar-refractivity contribution >= 4 is 11.8 Å². The van der Waals surface area contributed by atoms with Crippen LogP contribution in [0.5, 0.6) is 0 Å². The van der Waals surface area contributed by atoms with E-state index in [1.165, 1.54) is 0 Å². The first kappa shape index (κ1) is 10.6. The zero-order valence-electron chi connectivity index (χ0n) is 7.77. The Morgan fingerprint density at radius 3 is 3.23 bits per heavy atom. The van der Waals surface area contributed by atoms with Gasteiger partial charge in [-0.25, -0.2) is 4.98 Å². The second-order valence-corrected chi connectivity index (χ2v) is 3.60. The molecule has 0 saturated heterocycles. The zero-order valence-corrected chi connectivity index (χ0v) is 8.59. The number of hydrogen-bond acceptors (Lipinski definition) is 4. The van der Waals surface area contributed by atoms with E-state index in [1.807, 2.05) is 6.20 Å². The van der Waals surface area contributed by atoms with E-state index in [9.17, 15) is 0 Å². The summed E-state index contributed by atoms with van der Waals surface area (Å²) in [6.07, 6.45) is 3.76. The topological polar surface area (TPSA) is 53.1 Å². The lowest BCUT2D eigenvalue weighted by Gasteiger charge is -2.05. The lowest BCUT2D eigenvalue weighted by molar-refractivity contribution is 0.184. The number of thioether (sulfide) groups is 1. The van der Waals surface area contributed by atoms with Gasteiger partial charge in [0.1, 0.15) is 0 Å². The highest BCUT2D eigenvalue weighted by molar-refractivity contribution is 7.99. The summed E-state index contributed by atoms with van der Waals surface area (Å²) < 4.78 is 7.07. The highest BCUT2D eigenvalue weighted by Crippen LogP contribution is 2.14. The smallest absolute Gasteiger partial charge is 0.168 e. The number of imidazole rings is 1. The maximum absolute atomic E-state index is 5.41. The average Bonchev–Trinajstić information content (AvgIpc) is 2.59. The van der Waals surface area contributed by atoms with Gasteiger partial charge in [0.05, 0.1) is 6.61 Å². The van der Waals surface area contributed by atoms with Gasteiger partial charge in [0, 0.05) is 38.3 Å². The molecule has 0 unspecified atom stereocenters. The first-order chi connectivity index (χ1) is 6.38. The molecule has 1 rings (SSSR count). The van der Waals surface area contributed by atoms with Crippen molar-refractivity contribution in [3.05, 3.63) is 12.4 Å². The van der Waals surface area contributed by atoms with Gasteiger partial charge >= 0.3 is 0 Å². The van der Waals surface area contributed by atoms with Gasteiger partial charge in [0.2, 0.25) is 0 Å². The van der Waals surface area contributed by atoms with Crippen molar-refractivity contribution in [2.75, 3.05) is 26.0 Å². The zero-order chi connectivity index (χ0) is 9.52. The van der Waals surface area contributed by atoms with E-state index in [0.717, 1.165) is 17.5 Å². The number of nitrogens with zero attached hydrogens (tertiary/aromatic N) is 2. The first-order valence-electron chi connectivity index (χ1n) is 4.21.